The van der Waals surface area contributed by atoms with Gasteiger partial charge < -0.3 is 15.6 Å². The van der Waals surface area contributed by atoms with Gasteiger partial charge in [0.2, 0.25) is 5.88 Å². The summed E-state index contributed by atoms with van der Waals surface area (Å²) in [6, 6.07) is 0. The fourth-order valence-corrected chi connectivity index (χ4v) is 1.20. The van der Waals surface area contributed by atoms with Crippen LogP contribution in [0.5, 0.6) is 5.88 Å². The van der Waals surface area contributed by atoms with Crippen LogP contribution in [0.4, 0.5) is 5.82 Å². The van der Waals surface area contributed by atoms with Gasteiger partial charge in [0.05, 0.1) is 13.3 Å². The van der Waals surface area contributed by atoms with E-state index in [2.05, 4.69) is 9.97 Å². The molecule has 15 heavy (non-hydrogen) atoms. The van der Waals surface area contributed by atoms with Crippen LogP contribution in [0.15, 0.2) is 12.4 Å². The number of hydrogen-bond donors (Lipinski definition) is 2. The van der Waals surface area contributed by atoms with Crippen molar-refractivity contribution in [1.29, 1.82) is 0 Å². The fourth-order valence-electron chi connectivity index (χ4n) is 1.20. The van der Waals surface area contributed by atoms with Crippen LogP contribution in [-0.2, 0) is 0 Å². The molecular formula is C8H8N4O3. The number of rotatable bonds is 2. The zero-order valence-electron chi connectivity index (χ0n) is 7.84. The van der Waals surface area contributed by atoms with Crippen molar-refractivity contribution in [2.45, 2.75) is 0 Å². The van der Waals surface area contributed by atoms with Crippen molar-refractivity contribution in [3.05, 3.63) is 18.1 Å². The number of carbonyl (C=O) groups is 1. The van der Waals surface area contributed by atoms with E-state index in [1.54, 1.807) is 0 Å². The smallest absolute Gasteiger partial charge is 0.356 e. The van der Waals surface area contributed by atoms with Crippen LogP contribution in [0.2, 0.25) is 0 Å². The Morgan fingerprint density at radius 2 is 2.27 bits per heavy atom. The number of nitrogens with zero attached hydrogens (tertiary/aromatic N) is 3. The van der Waals surface area contributed by atoms with Gasteiger partial charge in [-0.15, -0.1) is 0 Å². The van der Waals surface area contributed by atoms with Crippen molar-refractivity contribution in [1.82, 2.24) is 14.4 Å². The summed E-state index contributed by atoms with van der Waals surface area (Å²) >= 11 is 0. The molecule has 7 nitrogen and oxygen atoms in total. The van der Waals surface area contributed by atoms with Crippen LogP contribution in [0, 0.1) is 0 Å². The first kappa shape index (κ1) is 9.25. The van der Waals surface area contributed by atoms with Gasteiger partial charge in [-0.1, -0.05) is 0 Å². The number of methoxy groups -OCH3 is 1. The molecule has 0 radical (unpaired) electrons. The van der Waals surface area contributed by atoms with Crippen molar-refractivity contribution < 1.29 is 14.6 Å². The Hall–Kier alpha value is -2.31. The Morgan fingerprint density at radius 3 is 2.87 bits per heavy atom. The lowest BCUT2D eigenvalue weighted by molar-refractivity contribution is 0.0691. The Bertz CT molecular complexity index is 534. The lowest BCUT2D eigenvalue weighted by Crippen LogP contribution is -1.99. The molecule has 3 N–H and O–H groups in total. The molecule has 2 heterocycles. The van der Waals surface area contributed by atoms with Crippen LogP contribution in [0.1, 0.15) is 10.5 Å². The minimum Gasteiger partial charge on any atom is -0.480 e. The molecule has 0 saturated carbocycles. The van der Waals surface area contributed by atoms with Gasteiger partial charge in [-0.2, -0.15) is 4.98 Å². The number of aromatic carboxylic acids is 1. The average molecular weight is 208 g/mol. The first-order valence-corrected chi connectivity index (χ1v) is 4.04. The van der Waals surface area contributed by atoms with Crippen LogP contribution >= 0.6 is 0 Å². The number of carboxylic acids is 1. The Kier molecular flexibility index (Phi) is 1.93. The number of anilines is 1. The molecular weight excluding hydrogens is 200 g/mol. The average Bonchev–Trinajstić information content (AvgIpc) is 2.61. The normalized spacial score (nSPS) is 10.5. The highest BCUT2D eigenvalue weighted by Gasteiger charge is 2.12. The molecule has 0 bridgehead atoms. The van der Waals surface area contributed by atoms with E-state index in [0.29, 0.717) is 11.5 Å². The van der Waals surface area contributed by atoms with E-state index in [9.17, 15) is 4.79 Å². The summed E-state index contributed by atoms with van der Waals surface area (Å²) in [5, 5.41) is 8.73. The molecule has 2 aromatic rings. The monoisotopic (exact) mass is 208 g/mol. The quantitative estimate of drug-likeness (QED) is 0.721. The number of fused-ring (bicyclic) bond motifs is 1. The standard InChI is InChI=1S/C8H8N4O3/c1-15-5-3-12-2-4(8(13)14)10-7(12)6(9)11-5/h2-3H,1H3,(H2,9,11)(H,13,14). The van der Waals surface area contributed by atoms with Crippen LogP contribution in [-0.4, -0.2) is 32.6 Å². The molecule has 0 unspecified atom stereocenters. The second kappa shape index (κ2) is 3.12. The molecule has 0 aliphatic rings. The molecule has 0 saturated heterocycles. The van der Waals surface area contributed by atoms with Crippen molar-refractivity contribution in [3.63, 3.8) is 0 Å². The first-order valence-electron chi connectivity index (χ1n) is 4.04. The van der Waals surface area contributed by atoms with Crippen LogP contribution in [0.3, 0.4) is 0 Å². The van der Waals surface area contributed by atoms with Gasteiger partial charge >= 0.3 is 5.97 Å². The topological polar surface area (TPSA) is 103 Å². The molecule has 2 rings (SSSR count). The van der Waals surface area contributed by atoms with Crippen molar-refractivity contribution in [2.24, 2.45) is 0 Å². The summed E-state index contributed by atoms with van der Waals surface area (Å²) in [5.74, 6) is -0.687. The van der Waals surface area contributed by atoms with Crippen molar-refractivity contribution >= 4 is 17.4 Å². The number of hydrogen-bond acceptors (Lipinski definition) is 5. The summed E-state index contributed by atoms with van der Waals surface area (Å²) in [6.07, 6.45) is 2.85. The molecule has 0 fully saturated rings. The van der Waals surface area contributed by atoms with E-state index in [4.69, 9.17) is 15.6 Å². The lowest BCUT2D eigenvalue weighted by atomic mass is 10.5. The van der Waals surface area contributed by atoms with E-state index in [0.717, 1.165) is 0 Å². The minimum absolute atomic E-state index is 0.0863. The first-order chi connectivity index (χ1) is 7.11. The zero-order chi connectivity index (χ0) is 11.0. The highest BCUT2D eigenvalue weighted by atomic mass is 16.5. The molecule has 78 valence electrons. The highest BCUT2D eigenvalue weighted by molar-refractivity contribution is 5.86. The number of nitrogens with two attached hydrogens (primary N) is 1. The van der Waals surface area contributed by atoms with Crippen molar-refractivity contribution in [2.75, 3.05) is 12.8 Å². The Morgan fingerprint density at radius 1 is 1.53 bits per heavy atom. The minimum atomic E-state index is -1.11. The van der Waals surface area contributed by atoms with Gasteiger partial charge in [0.1, 0.15) is 0 Å². The molecule has 0 spiro atoms. The second-order valence-electron chi connectivity index (χ2n) is 2.83. The third-order valence-corrected chi connectivity index (χ3v) is 1.87. The van der Waals surface area contributed by atoms with E-state index in [1.165, 1.54) is 23.9 Å². The molecule has 7 heteroatoms. The third kappa shape index (κ3) is 1.43. The predicted octanol–water partition coefficient (Wildman–Crippen LogP) is 0.0183. The predicted molar refractivity (Wildman–Crippen MR) is 50.9 cm³/mol. The molecule has 0 atom stereocenters. The maximum absolute atomic E-state index is 10.7. The summed E-state index contributed by atoms with van der Waals surface area (Å²) < 4.78 is 6.35. The Labute approximate surface area is 84.1 Å². The zero-order valence-corrected chi connectivity index (χ0v) is 7.84. The summed E-state index contributed by atoms with van der Waals surface area (Å²) in [7, 11) is 1.45. The van der Waals surface area contributed by atoms with E-state index < -0.39 is 5.97 Å². The highest BCUT2D eigenvalue weighted by Crippen LogP contribution is 2.16. The summed E-state index contributed by atoms with van der Waals surface area (Å²) in [6.45, 7) is 0. The van der Waals surface area contributed by atoms with Crippen LogP contribution < -0.4 is 10.5 Å². The van der Waals surface area contributed by atoms with Crippen molar-refractivity contribution in [3.8, 4) is 5.88 Å². The van der Waals surface area contributed by atoms with Gasteiger partial charge in [0.25, 0.3) is 0 Å². The SMILES string of the molecule is COc1cn2cc(C(=O)O)nc2c(N)n1. The van der Waals surface area contributed by atoms with Gasteiger partial charge in [-0.05, 0) is 0 Å². The van der Waals surface area contributed by atoms with Gasteiger partial charge in [0.15, 0.2) is 17.2 Å². The molecule has 0 aromatic carbocycles. The van der Waals surface area contributed by atoms with Gasteiger partial charge in [-0.25, -0.2) is 9.78 Å². The number of nitrogen functional groups attached to an aromatic ring is 1. The Balaban J connectivity index is 2.69. The molecule has 0 aliphatic heterocycles. The number of aromatic nitrogens is 3. The number of imidazole rings is 1. The molecule has 0 amide bonds. The lowest BCUT2D eigenvalue weighted by Gasteiger charge is -2.01. The summed E-state index contributed by atoms with van der Waals surface area (Å²) in [4.78, 5) is 18.3. The molecule has 2 aromatic heterocycles. The third-order valence-electron chi connectivity index (χ3n) is 1.87. The number of ether oxygens (including phenoxy) is 1. The molecule has 0 aliphatic carbocycles. The van der Waals surface area contributed by atoms with E-state index in [-0.39, 0.29) is 11.5 Å². The van der Waals surface area contributed by atoms with Gasteiger partial charge in [0, 0.05) is 6.20 Å². The fraction of sp³-hybridized carbons (Fsp3) is 0.125. The van der Waals surface area contributed by atoms with Gasteiger partial charge in [-0.3, -0.25) is 4.40 Å². The van der Waals surface area contributed by atoms with Crippen LogP contribution in [0.25, 0.3) is 5.65 Å². The largest absolute Gasteiger partial charge is 0.480 e. The second-order valence-corrected chi connectivity index (χ2v) is 2.83. The summed E-state index contributed by atoms with van der Waals surface area (Å²) in [5.41, 5.74) is 5.79. The maximum Gasteiger partial charge on any atom is 0.356 e. The maximum atomic E-state index is 10.7. The van der Waals surface area contributed by atoms with E-state index in [1.807, 2.05) is 0 Å². The number of carboxylic acid groups (broad SMARTS) is 1. The van der Waals surface area contributed by atoms with E-state index >= 15 is 0 Å².